The molecule has 1 aliphatic heterocycles. The molecule has 1 saturated heterocycles. The van der Waals surface area contributed by atoms with E-state index in [1.165, 1.54) is 11.1 Å². The van der Waals surface area contributed by atoms with Gasteiger partial charge in [0.15, 0.2) is 5.96 Å². The van der Waals surface area contributed by atoms with Gasteiger partial charge in [0, 0.05) is 26.1 Å². The van der Waals surface area contributed by atoms with Gasteiger partial charge in [-0.2, -0.15) is 0 Å². The largest absolute Gasteiger partial charge is 0.374 e. The van der Waals surface area contributed by atoms with Gasteiger partial charge in [0.1, 0.15) is 0 Å². The van der Waals surface area contributed by atoms with E-state index in [9.17, 15) is 4.79 Å². The zero-order valence-electron chi connectivity index (χ0n) is 16.9. The minimum atomic E-state index is -0.218. The Bertz CT molecular complexity index is 630. The number of benzene rings is 1. The summed E-state index contributed by atoms with van der Waals surface area (Å²) >= 11 is 0. The topological polar surface area (TPSA) is 80.0 Å². The Morgan fingerprint density at radius 3 is 2.89 bits per heavy atom. The summed E-state index contributed by atoms with van der Waals surface area (Å²) in [5.41, 5.74) is 7.72. The number of nitrogens with two attached hydrogens (primary N) is 1. The number of nitrogens with zero attached hydrogens (tertiary/aromatic N) is 2. The smallest absolute Gasteiger partial charge is 0.217 e. The van der Waals surface area contributed by atoms with Crippen LogP contribution in [0.1, 0.15) is 51.2 Å². The van der Waals surface area contributed by atoms with Gasteiger partial charge < -0.3 is 20.7 Å². The molecular weight excluding hydrogens is 340 g/mol. The number of primary amides is 1. The Hall–Kier alpha value is -2.08. The van der Waals surface area contributed by atoms with Crippen molar-refractivity contribution in [2.75, 3.05) is 19.6 Å². The highest BCUT2D eigenvalue weighted by Gasteiger charge is 2.23. The summed E-state index contributed by atoms with van der Waals surface area (Å²) in [6.45, 7) is 10.0. The molecule has 1 aliphatic rings. The predicted molar refractivity (Wildman–Crippen MR) is 109 cm³/mol. The molecule has 6 heteroatoms. The second kappa shape index (κ2) is 10.9. The van der Waals surface area contributed by atoms with Crippen LogP contribution in [0.25, 0.3) is 0 Å². The van der Waals surface area contributed by atoms with Crippen molar-refractivity contribution in [3.05, 3.63) is 35.4 Å². The fraction of sp³-hybridized carbons (Fsp3) is 0.619. The maximum absolute atomic E-state index is 11.3. The maximum atomic E-state index is 11.3. The van der Waals surface area contributed by atoms with E-state index in [0.717, 1.165) is 38.4 Å². The molecule has 0 radical (unpaired) electrons. The molecule has 0 aromatic heterocycles. The predicted octanol–water partition coefficient (Wildman–Crippen LogP) is 2.66. The number of ether oxygens (including phenoxy) is 1. The highest BCUT2D eigenvalue weighted by molar-refractivity contribution is 5.80. The lowest BCUT2D eigenvalue weighted by Gasteiger charge is -2.34. The van der Waals surface area contributed by atoms with Crippen LogP contribution in [-0.2, 0) is 22.7 Å². The Morgan fingerprint density at radius 2 is 2.19 bits per heavy atom. The zero-order chi connectivity index (χ0) is 19.6. The van der Waals surface area contributed by atoms with E-state index < -0.39 is 0 Å². The van der Waals surface area contributed by atoms with Gasteiger partial charge in [-0.15, -0.1) is 0 Å². The molecule has 1 atom stereocenters. The van der Waals surface area contributed by atoms with Crippen molar-refractivity contribution in [1.82, 2.24) is 10.2 Å². The average molecular weight is 375 g/mol. The number of amides is 1. The first kappa shape index (κ1) is 21.2. The average Bonchev–Trinajstić information content (AvgIpc) is 2.63. The van der Waals surface area contributed by atoms with Crippen molar-refractivity contribution in [3.63, 3.8) is 0 Å². The van der Waals surface area contributed by atoms with Crippen LogP contribution in [0, 0.1) is 5.92 Å². The van der Waals surface area contributed by atoms with Gasteiger partial charge in [0.2, 0.25) is 5.91 Å². The van der Waals surface area contributed by atoms with Gasteiger partial charge in [-0.05, 0) is 50.7 Å². The normalized spacial score (nSPS) is 18.0. The quantitative estimate of drug-likeness (QED) is 0.541. The minimum absolute atomic E-state index is 0.218. The maximum Gasteiger partial charge on any atom is 0.217 e. The molecule has 27 heavy (non-hydrogen) atoms. The number of carbonyl (C=O) groups is 1. The zero-order valence-corrected chi connectivity index (χ0v) is 16.9. The number of aliphatic imine (C=N–C) groups is 1. The lowest BCUT2D eigenvalue weighted by atomic mass is 9.95. The summed E-state index contributed by atoms with van der Waals surface area (Å²) in [5.74, 6) is 1.01. The van der Waals surface area contributed by atoms with Crippen LogP contribution in [-0.4, -0.2) is 42.5 Å². The summed E-state index contributed by atoms with van der Waals surface area (Å²) in [6, 6.07) is 8.39. The second-order valence-electron chi connectivity index (χ2n) is 7.47. The molecule has 150 valence electrons. The third-order valence-corrected chi connectivity index (χ3v) is 4.63. The number of likely N-dealkylation sites (tertiary alicyclic amines) is 1. The van der Waals surface area contributed by atoms with E-state index in [1.807, 2.05) is 13.8 Å². The lowest BCUT2D eigenvalue weighted by Crippen LogP contribution is -2.47. The highest BCUT2D eigenvalue weighted by Crippen LogP contribution is 2.19. The molecular formula is C21H34N4O2. The van der Waals surface area contributed by atoms with E-state index in [-0.39, 0.29) is 12.0 Å². The van der Waals surface area contributed by atoms with Crippen molar-refractivity contribution in [1.29, 1.82) is 0 Å². The SMILES string of the molecule is CCNC(=NCc1cccc(COC(C)C)c1)N1CCCC(CC(N)=O)C1. The number of hydrogen-bond donors (Lipinski definition) is 2. The van der Waals surface area contributed by atoms with Gasteiger partial charge in [0.05, 0.1) is 19.3 Å². The Morgan fingerprint density at radius 1 is 1.41 bits per heavy atom. The number of guanidine groups is 1. The minimum Gasteiger partial charge on any atom is -0.374 e. The second-order valence-corrected chi connectivity index (χ2v) is 7.47. The number of hydrogen-bond acceptors (Lipinski definition) is 3. The van der Waals surface area contributed by atoms with Crippen LogP contribution in [0.15, 0.2) is 29.3 Å². The summed E-state index contributed by atoms with van der Waals surface area (Å²) < 4.78 is 5.69. The Balaban J connectivity index is 2.02. The standard InChI is InChI=1S/C21H34N4O2/c1-4-23-21(25-10-6-9-18(14-25)12-20(22)26)24-13-17-7-5-8-19(11-17)15-27-16(2)3/h5,7-8,11,16,18H,4,6,9-10,12-15H2,1-3H3,(H2,22,26)(H,23,24). The molecule has 0 spiro atoms. The molecule has 1 fully saturated rings. The molecule has 1 unspecified atom stereocenters. The van der Waals surface area contributed by atoms with Crippen LogP contribution in [0.3, 0.4) is 0 Å². The van der Waals surface area contributed by atoms with Crippen LogP contribution < -0.4 is 11.1 Å². The summed E-state index contributed by atoms with van der Waals surface area (Å²) in [4.78, 5) is 18.3. The first-order valence-corrected chi connectivity index (χ1v) is 9.99. The van der Waals surface area contributed by atoms with Crippen molar-refractivity contribution < 1.29 is 9.53 Å². The van der Waals surface area contributed by atoms with Gasteiger partial charge in [-0.1, -0.05) is 24.3 Å². The molecule has 1 heterocycles. The number of carbonyl (C=O) groups excluding carboxylic acids is 1. The third-order valence-electron chi connectivity index (χ3n) is 4.63. The van der Waals surface area contributed by atoms with Gasteiger partial charge >= 0.3 is 0 Å². The van der Waals surface area contributed by atoms with Crippen LogP contribution >= 0.6 is 0 Å². The van der Waals surface area contributed by atoms with Gasteiger partial charge in [-0.3, -0.25) is 4.79 Å². The summed E-state index contributed by atoms with van der Waals surface area (Å²) in [6.07, 6.45) is 2.79. The van der Waals surface area contributed by atoms with E-state index in [0.29, 0.717) is 25.5 Å². The van der Waals surface area contributed by atoms with Crippen LogP contribution in [0.5, 0.6) is 0 Å². The van der Waals surface area contributed by atoms with Crippen molar-refractivity contribution in [2.45, 2.75) is 59.3 Å². The molecule has 2 rings (SSSR count). The fourth-order valence-electron chi connectivity index (χ4n) is 3.38. The van der Waals surface area contributed by atoms with Crippen LogP contribution in [0.4, 0.5) is 0 Å². The van der Waals surface area contributed by atoms with E-state index in [1.54, 1.807) is 0 Å². The summed E-state index contributed by atoms with van der Waals surface area (Å²) in [7, 11) is 0. The molecule has 0 saturated carbocycles. The van der Waals surface area contributed by atoms with Crippen molar-refractivity contribution >= 4 is 11.9 Å². The van der Waals surface area contributed by atoms with E-state index >= 15 is 0 Å². The first-order valence-electron chi connectivity index (χ1n) is 9.99. The Labute approximate surface area is 163 Å². The molecule has 6 nitrogen and oxygen atoms in total. The molecule has 0 aliphatic carbocycles. The Kier molecular flexibility index (Phi) is 8.58. The third kappa shape index (κ3) is 7.59. The van der Waals surface area contributed by atoms with Crippen molar-refractivity contribution in [3.8, 4) is 0 Å². The monoisotopic (exact) mass is 374 g/mol. The number of piperidine rings is 1. The van der Waals surface area contributed by atoms with Crippen molar-refractivity contribution in [2.24, 2.45) is 16.6 Å². The highest BCUT2D eigenvalue weighted by atomic mass is 16.5. The summed E-state index contributed by atoms with van der Waals surface area (Å²) in [5, 5.41) is 3.39. The fourth-order valence-corrected chi connectivity index (χ4v) is 3.38. The molecule has 1 amide bonds. The number of nitrogens with one attached hydrogen (secondary N) is 1. The van der Waals surface area contributed by atoms with E-state index in [2.05, 4.69) is 41.4 Å². The van der Waals surface area contributed by atoms with E-state index in [4.69, 9.17) is 15.5 Å². The molecule has 0 bridgehead atoms. The number of rotatable bonds is 8. The first-order chi connectivity index (χ1) is 13.0. The molecule has 1 aromatic carbocycles. The van der Waals surface area contributed by atoms with Crippen LogP contribution in [0.2, 0.25) is 0 Å². The molecule has 1 aromatic rings. The van der Waals surface area contributed by atoms with Gasteiger partial charge in [-0.25, -0.2) is 4.99 Å². The molecule has 3 N–H and O–H groups in total. The lowest BCUT2D eigenvalue weighted by molar-refractivity contribution is -0.119. The van der Waals surface area contributed by atoms with Gasteiger partial charge in [0.25, 0.3) is 0 Å².